The zero-order chi connectivity index (χ0) is 20.8. The maximum atomic E-state index is 12.6. The molecule has 7 nitrogen and oxygen atoms in total. The second-order valence-electron chi connectivity index (χ2n) is 7.85. The Morgan fingerprint density at radius 3 is 2.31 bits per heavy atom. The minimum atomic E-state index is -0.200. The molecule has 7 heteroatoms. The Morgan fingerprint density at radius 1 is 1.07 bits per heavy atom. The van der Waals surface area contributed by atoms with Gasteiger partial charge in [-0.05, 0) is 62.8 Å². The van der Waals surface area contributed by atoms with Gasteiger partial charge in [-0.15, -0.1) is 0 Å². The van der Waals surface area contributed by atoms with E-state index in [2.05, 4.69) is 0 Å². The van der Waals surface area contributed by atoms with Gasteiger partial charge in [0.25, 0.3) is 5.91 Å². The standard InChI is InChI=1S/C22H30N2O5/c1-3-28-22(27)18-10-12-24(13-11-18)20(25)14-23(2)21(26)17-6-8-19(9-7-17)29-15-16-4-5-16/h6-9,16,18H,3-5,10-15H2,1-2H3. The maximum Gasteiger partial charge on any atom is 0.309 e. The molecule has 1 saturated carbocycles. The molecule has 0 atom stereocenters. The molecule has 2 fully saturated rings. The molecule has 0 radical (unpaired) electrons. The van der Waals surface area contributed by atoms with Crippen LogP contribution in [-0.2, 0) is 14.3 Å². The number of benzene rings is 1. The predicted octanol–water partition coefficient (Wildman–Crippen LogP) is 2.35. The molecule has 0 bridgehead atoms. The van der Waals surface area contributed by atoms with Crippen LogP contribution in [0.5, 0.6) is 5.75 Å². The number of piperidine rings is 1. The molecule has 3 rings (SSSR count). The highest BCUT2D eigenvalue weighted by Crippen LogP contribution is 2.29. The van der Waals surface area contributed by atoms with Gasteiger partial charge in [0.15, 0.2) is 0 Å². The lowest BCUT2D eigenvalue weighted by Crippen LogP contribution is -2.45. The quantitative estimate of drug-likeness (QED) is 0.624. The van der Waals surface area contributed by atoms with Gasteiger partial charge in [-0.3, -0.25) is 14.4 Å². The third-order valence-electron chi connectivity index (χ3n) is 5.47. The van der Waals surface area contributed by atoms with Gasteiger partial charge in [0.2, 0.25) is 5.91 Å². The van der Waals surface area contributed by atoms with E-state index in [1.54, 1.807) is 43.1 Å². The minimum Gasteiger partial charge on any atom is -0.493 e. The molecule has 1 aromatic carbocycles. The highest BCUT2D eigenvalue weighted by molar-refractivity contribution is 5.96. The number of esters is 1. The number of hydrogen-bond donors (Lipinski definition) is 0. The van der Waals surface area contributed by atoms with E-state index in [-0.39, 0.29) is 30.2 Å². The van der Waals surface area contributed by atoms with Gasteiger partial charge in [-0.25, -0.2) is 0 Å². The van der Waals surface area contributed by atoms with E-state index in [1.165, 1.54) is 17.7 Å². The van der Waals surface area contributed by atoms with Crippen molar-refractivity contribution in [3.8, 4) is 5.75 Å². The van der Waals surface area contributed by atoms with Gasteiger partial charge >= 0.3 is 5.97 Å². The molecule has 0 unspecified atom stereocenters. The van der Waals surface area contributed by atoms with Crippen LogP contribution in [0.1, 0.15) is 43.0 Å². The topological polar surface area (TPSA) is 76.2 Å². The van der Waals surface area contributed by atoms with E-state index in [0.717, 1.165) is 12.4 Å². The van der Waals surface area contributed by atoms with E-state index in [9.17, 15) is 14.4 Å². The number of hydrogen-bond acceptors (Lipinski definition) is 5. The van der Waals surface area contributed by atoms with Crippen LogP contribution in [0, 0.1) is 11.8 Å². The minimum absolute atomic E-state index is 0.0167. The molecular formula is C22H30N2O5. The molecule has 0 N–H and O–H groups in total. The second-order valence-corrected chi connectivity index (χ2v) is 7.85. The number of likely N-dealkylation sites (tertiary alicyclic amines) is 1. The van der Waals surface area contributed by atoms with E-state index in [0.29, 0.717) is 44.0 Å². The normalized spacial score (nSPS) is 17.0. The number of likely N-dealkylation sites (N-methyl/N-ethyl adjacent to an activating group) is 1. The van der Waals surface area contributed by atoms with Crippen molar-refractivity contribution < 1.29 is 23.9 Å². The zero-order valence-electron chi connectivity index (χ0n) is 17.3. The van der Waals surface area contributed by atoms with Crippen LogP contribution >= 0.6 is 0 Å². The van der Waals surface area contributed by atoms with Crippen LogP contribution in [0.4, 0.5) is 0 Å². The van der Waals surface area contributed by atoms with Crippen LogP contribution < -0.4 is 4.74 Å². The molecule has 2 amide bonds. The smallest absolute Gasteiger partial charge is 0.309 e. The van der Waals surface area contributed by atoms with Crippen LogP contribution in [-0.4, -0.2) is 67.5 Å². The van der Waals surface area contributed by atoms with Gasteiger partial charge in [0.05, 0.1) is 25.7 Å². The number of nitrogens with zero attached hydrogens (tertiary/aromatic N) is 2. The number of rotatable bonds is 8. The fourth-order valence-corrected chi connectivity index (χ4v) is 3.41. The first-order valence-electron chi connectivity index (χ1n) is 10.4. The van der Waals surface area contributed by atoms with Crippen molar-refractivity contribution in [2.75, 3.05) is 39.9 Å². The van der Waals surface area contributed by atoms with E-state index < -0.39 is 0 Å². The average molecular weight is 402 g/mol. The third-order valence-corrected chi connectivity index (χ3v) is 5.47. The van der Waals surface area contributed by atoms with Gasteiger partial charge in [-0.2, -0.15) is 0 Å². The predicted molar refractivity (Wildman–Crippen MR) is 108 cm³/mol. The summed E-state index contributed by atoms with van der Waals surface area (Å²) < 4.78 is 10.7. The van der Waals surface area contributed by atoms with E-state index in [1.807, 2.05) is 0 Å². The Bertz CT molecular complexity index is 721. The molecule has 0 aromatic heterocycles. The fourth-order valence-electron chi connectivity index (χ4n) is 3.41. The van der Waals surface area contributed by atoms with Crippen molar-refractivity contribution >= 4 is 17.8 Å². The molecular weight excluding hydrogens is 372 g/mol. The first kappa shape index (κ1) is 21.1. The van der Waals surface area contributed by atoms with Crippen molar-refractivity contribution in [3.05, 3.63) is 29.8 Å². The lowest BCUT2D eigenvalue weighted by molar-refractivity contribution is -0.151. The summed E-state index contributed by atoms with van der Waals surface area (Å²) in [5, 5.41) is 0. The molecule has 1 aliphatic heterocycles. The fraction of sp³-hybridized carbons (Fsp3) is 0.591. The zero-order valence-corrected chi connectivity index (χ0v) is 17.3. The van der Waals surface area contributed by atoms with Crippen molar-refractivity contribution in [2.24, 2.45) is 11.8 Å². The van der Waals surface area contributed by atoms with Gasteiger partial charge in [0.1, 0.15) is 5.75 Å². The maximum absolute atomic E-state index is 12.6. The lowest BCUT2D eigenvalue weighted by atomic mass is 9.97. The molecule has 29 heavy (non-hydrogen) atoms. The molecule has 158 valence electrons. The summed E-state index contributed by atoms with van der Waals surface area (Å²) in [5.41, 5.74) is 0.528. The Hall–Kier alpha value is -2.57. The number of carbonyl (C=O) groups excluding carboxylic acids is 3. The average Bonchev–Trinajstić information content (AvgIpc) is 3.57. The van der Waals surface area contributed by atoms with Crippen LogP contribution in [0.25, 0.3) is 0 Å². The summed E-state index contributed by atoms with van der Waals surface area (Å²) in [6.45, 7) is 3.93. The van der Waals surface area contributed by atoms with Crippen LogP contribution in [0.3, 0.4) is 0 Å². The largest absolute Gasteiger partial charge is 0.493 e. The summed E-state index contributed by atoms with van der Waals surface area (Å²) in [6, 6.07) is 7.06. The second kappa shape index (κ2) is 9.76. The Labute approximate surface area is 171 Å². The van der Waals surface area contributed by atoms with Gasteiger partial charge in [-0.1, -0.05) is 0 Å². The number of ether oxygens (including phenoxy) is 2. The molecule has 0 spiro atoms. The summed E-state index contributed by atoms with van der Waals surface area (Å²) in [7, 11) is 1.63. The highest BCUT2D eigenvalue weighted by Gasteiger charge is 2.29. The number of amides is 2. The third kappa shape index (κ3) is 5.95. The van der Waals surface area contributed by atoms with Gasteiger partial charge < -0.3 is 19.3 Å². The first-order valence-corrected chi connectivity index (χ1v) is 10.4. The summed E-state index contributed by atoms with van der Waals surface area (Å²) in [4.78, 5) is 40.1. The Morgan fingerprint density at radius 2 is 1.72 bits per heavy atom. The lowest BCUT2D eigenvalue weighted by Gasteiger charge is -2.32. The monoisotopic (exact) mass is 402 g/mol. The van der Waals surface area contributed by atoms with E-state index >= 15 is 0 Å². The summed E-state index contributed by atoms with van der Waals surface area (Å²) in [5.74, 6) is 0.809. The SMILES string of the molecule is CCOC(=O)C1CCN(C(=O)CN(C)C(=O)c2ccc(OCC3CC3)cc2)CC1. The molecule has 1 saturated heterocycles. The van der Waals surface area contributed by atoms with Crippen molar-refractivity contribution in [1.29, 1.82) is 0 Å². The first-order chi connectivity index (χ1) is 14.0. The van der Waals surface area contributed by atoms with Crippen LogP contribution in [0.2, 0.25) is 0 Å². The van der Waals surface area contributed by atoms with Crippen molar-refractivity contribution in [2.45, 2.75) is 32.6 Å². The van der Waals surface area contributed by atoms with Gasteiger partial charge in [0, 0.05) is 25.7 Å². The van der Waals surface area contributed by atoms with Crippen molar-refractivity contribution in [1.82, 2.24) is 9.80 Å². The summed E-state index contributed by atoms with van der Waals surface area (Å²) >= 11 is 0. The highest BCUT2D eigenvalue weighted by atomic mass is 16.5. The van der Waals surface area contributed by atoms with Crippen LogP contribution in [0.15, 0.2) is 24.3 Å². The molecule has 1 aromatic rings. The Balaban J connectivity index is 1.45. The molecule has 2 aliphatic rings. The number of carbonyl (C=O) groups is 3. The van der Waals surface area contributed by atoms with Crippen molar-refractivity contribution in [3.63, 3.8) is 0 Å². The van der Waals surface area contributed by atoms with E-state index in [4.69, 9.17) is 9.47 Å². The molecule has 1 heterocycles. The summed E-state index contributed by atoms with van der Waals surface area (Å²) in [6.07, 6.45) is 3.67. The Kier molecular flexibility index (Phi) is 7.12. The molecule has 1 aliphatic carbocycles.